The maximum Gasteiger partial charge on any atom is 0.222 e. The minimum absolute atomic E-state index is 0.0189. The predicted octanol–water partition coefficient (Wildman–Crippen LogP) is 2.82. The molecule has 0 heterocycles. The van der Waals surface area contributed by atoms with Crippen molar-refractivity contribution in [3.63, 3.8) is 0 Å². The molecule has 0 aromatic heterocycles. The molecule has 0 atom stereocenters. The molecular formula is C15H21NO2. The highest BCUT2D eigenvalue weighted by atomic mass is 16.2. The second-order valence-corrected chi connectivity index (χ2v) is 4.89. The van der Waals surface area contributed by atoms with Crippen molar-refractivity contribution >= 4 is 11.7 Å². The van der Waals surface area contributed by atoms with E-state index in [0.29, 0.717) is 5.56 Å². The summed E-state index contributed by atoms with van der Waals surface area (Å²) in [6, 6.07) is 7.62. The number of hydrogen-bond acceptors (Lipinski definition) is 2. The summed E-state index contributed by atoms with van der Waals surface area (Å²) in [6.07, 6.45) is 0.556. The smallest absolute Gasteiger partial charge is 0.222 e. The summed E-state index contributed by atoms with van der Waals surface area (Å²) in [5.74, 6) is 0.0472. The number of carbonyl (C=O) groups excluding carboxylic acids is 2. The zero-order chi connectivity index (χ0) is 13.7. The average Bonchev–Trinajstić information content (AvgIpc) is 2.35. The standard InChI is InChI=1S/C15H21NO2/c1-11(2)16(4)15(18)10-9-14(17)13-7-5-12(3)6-8-13/h5-8,11H,9-10H2,1-4H3. The maximum atomic E-state index is 11.9. The number of hydrogen-bond donors (Lipinski definition) is 0. The van der Waals surface area contributed by atoms with E-state index >= 15 is 0 Å². The maximum absolute atomic E-state index is 11.9. The molecule has 1 rings (SSSR count). The summed E-state index contributed by atoms with van der Waals surface area (Å²) in [7, 11) is 1.77. The van der Waals surface area contributed by atoms with Gasteiger partial charge >= 0.3 is 0 Å². The molecule has 18 heavy (non-hydrogen) atoms. The number of aryl methyl sites for hydroxylation is 1. The molecule has 0 aliphatic rings. The summed E-state index contributed by atoms with van der Waals surface area (Å²) in [4.78, 5) is 25.3. The van der Waals surface area contributed by atoms with Gasteiger partial charge in [-0.25, -0.2) is 0 Å². The number of rotatable bonds is 5. The van der Waals surface area contributed by atoms with Crippen LogP contribution in [0.3, 0.4) is 0 Å². The average molecular weight is 247 g/mol. The minimum atomic E-state index is 0.0189. The molecule has 3 nitrogen and oxygen atoms in total. The Labute approximate surface area is 109 Å². The van der Waals surface area contributed by atoms with E-state index in [1.54, 1.807) is 11.9 Å². The van der Waals surface area contributed by atoms with Crippen LogP contribution in [0.25, 0.3) is 0 Å². The summed E-state index contributed by atoms with van der Waals surface area (Å²) >= 11 is 0. The lowest BCUT2D eigenvalue weighted by Gasteiger charge is -2.21. The molecule has 3 heteroatoms. The molecule has 1 amide bonds. The molecule has 0 unspecified atom stereocenters. The van der Waals surface area contributed by atoms with Crippen molar-refractivity contribution in [1.82, 2.24) is 4.90 Å². The van der Waals surface area contributed by atoms with E-state index < -0.39 is 0 Å². The first-order valence-corrected chi connectivity index (χ1v) is 6.27. The van der Waals surface area contributed by atoms with Crippen LogP contribution in [0, 0.1) is 6.92 Å². The number of amides is 1. The topological polar surface area (TPSA) is 37.4 Å². The van der Waals surface area contributed by atoms with Crippen molar-refractivity contribution in [2.75, 3.05) is 7.05 Å². The van der Waals surface area contributed by atoms with Gasteiger partial charge in [-0.1, -0.05) is 29.8 Å². The van der Waals surface area contributed by atoms with E-state index in [0.717, 1.165) is 5.56 Å². The fourth-order valence-corrected chi connectivity index (χ4v) is 1.57. The molecule has 1 aromatic rings. The van der Waals surface area contributed by atoms with Crippen LogP contribution in [0.1, 0.15) is 42.6 Å². The highest BCUT2D eigenvalue weighted by Crippen LogP contribution is 2.09. The predicted molar refractivity (Wildman–Crippen MR) is 72.6 cm³/mol. The molecule has 0 saturated heterocycles. The fourth-order valence-electron chi connectivity index (χ4n) is 1.57. The second kappa shape index (κ2) is 6.34. The first-order valence-electron chi connectivity index (χ1n) is 6.27. The van der Waals surface area contributed by atoms with Crippen LogP contribution in [-0.2, 0) is 4.79 Å². The van der Waals surface area contributed by atoms with Crippen molar-refractivity contribution in [1.29, 1.82) is 0 Å². The van der Waals surface area contributed by atoms with Crippen molar-refractivity contribution in [3.05, 3.63) is 35.4 Å². The van der Waals surface area contributed by atoms with Crippen molar-refractivity contribution < 1.29 is 9.59 Å². The summed E-state index contributed by atoms with van der Waals surface area (Å²) in [5, 5.41) is 0. The highest BCUT2D eigenvalue weighted by Gasteiger charge is 2.14. The molecule has 0 bridgehead atoms. The van der Waals surface area contributed by atoms with Gasteiger partial charge < -0.3 is 4.90 Å². The van der Waals surface area contributed by atoms with Gasteiger partial charge in [0.15, 0.2) is 5.78 Å². The number of carbonyl (C=O) groups is 2. The van der Waals surface area contributed by atoms with Crippen LogP contribution in [0.5, 0.6) is 0 Å². The third-order valence-electron chi connectivity index (χ3n) is 3.11. The lowest BCUT2D eigenvalue weighted by Crippen LogP contribution is -2.33. The lowest BCUT2D eigenvalue weighted by atomic mass is 10.0. The summed E-state index contributed by atoms with van der Waals surface area (Å²) in [5.41, 5.74) is 1.81. The molecule has 0 aliphatic carbocycles. The third kappa shape index (κ3) is 3.99. The number of benzene rings is 1. The van der Waals surface area contributed by atoms with Gasteiger partial charge in [0.2, 0.25) is 5.91 Å². The Morgan fingerprint density at radius 2 is 1.67 bits per heavy atom. The third-order valence-corrected chi connectivity index (χ3v) is 3.11. The van der Waals surface area contributed by atoms with E-state index in [2.05, 4.69) is 0 Å². The van der Waals surface area contributed by atoms with Gasteiger partial charge in [0, 0.05) is 31.5 Å². The van der Waals surface area contributed by atoms with Crippen LogP contribution in [0.2, 0.25) is 0 Å². The molecule has 0 radical (unpaired) electrons. The van der Waals surface area contributed by atoms with Crippen LogP contribution in [-0.4, -0.2) is 29.7 Å². The largest absolute Gasteiger partial charge is 0.343 e. The Balaban J connectivity index is 2.51. The second-order valence-electron chi connectivity index (χ2n) is 4.89. The number of Topliss-reactive ketones (excluding diaryl/α,β-unsaturated/α-hetero) is 1. The first-order chi connectivity index (χ1) is 8.41. The van der Waals surface area contributed by atoms with Crippen molar-refractivity contribution in [2.45, 2.75) is 39.7 Å². The summed E-state index contributed by atoms with van der Waals surface area (Å²) in [6.45, 7) is 5.90. The van der Waals surface area contributed by atoms with Crippen LogP contribution >= 0.6 is 0 Å². The van der Waals surface area contributed by atoms with Crippen LogP contribution < -0.4 is 0 Å². The van der Waals surface area contributed by atoms with Crippen LogP contribution in [0.15, 0.2) is 24.3 Å². The quantitative estimate of drug-likeness (QED) is 0.750. The normalized spacial score (nSPS) is 10.5. The zero-order valence-electron chi connectivity index (χ0n) is 11.6. The van der Waals surface area contributed by atoms with Crippen molar-refractivity contribution in [3.8, 4) is 0 Å². The molecule has 1 aromatic carbocycles. The van der Waals surface area contributed by atoms with E-state index in [1.807, 2.05) is 45.0 Å². The van der Waals surface area contributed by atoms with Crippen molar-refractivity contribution in [2.24, 2.45) is 0 Å². The van der Waals surface area contributed by atoms with E-state index in [9.17, 15) is 9.59 Å². The Morgan fingerprint density at radius 1 is 1.11 bits per heavy atom. The van der Waals surface area contributed by atoms with E-state index in [-0.39, 0.29) is 30.6 Å². The van der Waals surface area contributed by atoms with Gasteiger partial charge in [-0.05, 0) is 20.8 Å². The molecule has 98 valence electrons. The lowest BCUT2D eigenvalue weighted by molar-refractivity contribution is -0.131. The van der Waals surface area contributed by atoms with Gasteiger partial charge in [-0.3, -0.25) is 9.59 Å². The van der Waals surface area contributed by atoms with Gasteiger partial charge in [-0.15, -0.1) is 0 Å². The van der Waals surface area contributed by atoms with Gasteiger partial charge in [0.25, 0.3) is 0 Å². The number of nitrogens with zero attached hydrogens (tertiary/aromatic N) is 1. The molecule has 0 aliphatic heterocycles. The SMILES string of the molecule is Cc1ccc(C(=O)CCC(=O)N(C)C(C)C)cc1. The zero-order valence-corrected chi connectivity index (χ0v) is 11.6. The Kier molecular flexibility index (Phi) is 5.08. The van der Waals surface area contributed by atoms with E-state index in [4.69, 9.17) is 0 Å². The number of ketones is 1. The van der Waals surface area contributed by atoms with Crippen LogP contribution in [0.4, 0.5) is 0 Å². The van der Waals surface area contributed by atoms with Gasteiger partial charge in [0.1, 0.15) is 0 Å². The van der Waals surface area contributed by atoms with Gasteiger partial charge in [0.05, 0.1) is 0 Å². The molecule has 0 fully saturated rings. The molecule has 0 saturated carbocycles. The highest BCUT2D eigenvalue weighted by molar-refractivity contribution is 5.97. The molecule has 0 spiro atoms. The van der Waals surface area contributed by atoms with E-state index in [1.165, 1.54) is 0 Å². The minimum Gasteiger partial charge on any atom is -0.343 e. The monoisotopic (exact) mass is 247 g/mol. The summed E-state index contributed by atoms with van der Waals surface area (Å²) < 4.78 is 0. The first kappa shape index (κ1) is 14.4. The molecular weight excluding hydrogens is 226 g/mol. The Bertz CT molecular complexity index is 421. The van der Waals surface area contributed by atoms with Gasteiger partial charge in [-0.2, -0.15) is 0 Å². The molecule has 0 N–H and O–H groups in total. The Hall–Kier alpha value is -1.64. The fraction of sp³-hybridized carbons (Fsp3) is 0.467. The Morgan fingerprint density at radius 3 is 2.17 bits per heavy atom.